The summed E-state index contributed by atoms with van der Waals surface area (Å²) >= 11 is 0. The molecule has 2 rings (SSSR count). The highest BCUT2D eigenvalue weighted by Gasteiger charge is 2.39. The Morgan fingerprint density at radius 1 is 1.40 bits per heavy atom. The molecule has 0 aromatic heterocycles. The van der Waals surface area contributed by atoms with Gasteiger partial charge in [0.1, 0.15) is 0 Å². The molecule has 2 N–H and O–H groups in total. The predicted molar refractivity (Wildman–Crippen MR) is 77.4 cm³/mol. The number of β-amino-alcohol motifs (C(OH)–C–C–N with tert-alkyl or cyclic N) is 1. The van der Waals surface area contributed by atoms with Gasteiger partial charge in [-0.2, -0.15) is 0 Å². The van der Waals surface area contributed by atoms with Crippen molar-refractivity contribution in [1.82, 2.24) is 4.90 Å². The van der Waals surface area contributed by atoms with Crippen LogP contribution in [0.4, 0.5) is 0 Å². The predicted octanol–water partition coefficient (Wildman–Crippen LogP) is 2.08. The van der Waals surface area contributed by atoms with Gasteiger partial charge in [-0.15, -0.1) is 0 Å². The third-order valence-electron chi connectivity index (χ3n) is 4.22. The maximum atomic E-state index is 11.4. The van der Waals surface area contributed by atoms with Gasteiger partial charge in [0.2, 0.25) is 0 Å². The summed E-state index contributed by atoms with van der Waals surface area (Å²) < 4.78 is 0. The van der Waals surface area contributed by atoms with Crippen LogP contribution in [-0.4, -0.2) is 40.7 Å². The molecule has 1 saturated heterocycles. The number of benzene rings is 1. The van der Waals surface area contributed by atoms with E-state index in [-0.39, 0.29) is 0 Å². The van der Waals surface area contributed by atoms with Crippen LogP contribution in [0.3, 0.4) is 0 Å². The summed E-state index contributed by atoms with van der Waals surface area (Å²) in [5, 5.41) is 20.0. The summed E-state index contributed by atoms with van der Waals surface area (Å²) in [5.74, 6) is -0.749. The van der Waals surface area contributed by atoms with Gasteiger partial charge in [0.05, 0.1) is 11.0 Å². The van der Waals surface area contributed by atoms with Crippen molar-refractivity contribution < 1.29 is 15.0 Å². The Morgan fingerprint density at radius 2 is 2.05 bits per heavy atom. The number of nitrogens with zero attached hydrogens (tertiary/aromatic N) is 1. The van der Waals surface area contributed by atoms with Crippen molar-refractivity contribution in [3.05, 3.63) is 35.9 Å². The Balaban J connectivity index is 2.08. The monoisotopic (exact) mass is 277 g/mol. The second kappa shape index (κ2) is 5.54. The summed E-state index contributed by atoms with van der Waals surface area (Å²) in [6.45, 7) is 5.37. The lowest BCUT2D eigenvalue weighted by molar-refractivity contribution is -0.152. The van der Waals surface area contributed by atoms with E-state index in [0.717, 1.165) is 18.5 Å². The molecule has 1 fully saturated rings. The van der Waals surface area contributed by atoms with E-state index in [4.69, 9.17) is 0 Å². The number of likely N-dealkylation sites (tertiary alicyclic amines) is 1. The molecular formula is C16H23NO3. The number of carboxylic acid groups (broad SMARTS) is 1. The highest BCUT2D eigenvalue weighted by Crippen LogP contribution is 2.32. The Labute approximate surface area is 120 Å². The molecule has 1 aliphatic rings. The first kappa shape index (κ1) is 15.0. The smallest absolute Gasteiger partial charge is 0.310 e. The van der Waals surface area contributed by atoms with E-state index in [1.54, 1.807) is 13.8 Å². The fourth-order valence-corrected chi connectivity index (χ4v) is 2.98. The lowest BCUT2D eigenvalue weighted by Crippen LogP contribution is -2.50. The minimum atomic E-state index is -0.960. The van der Waals surface area contributed by atoms with Crippen LogP contribution in [0.15, 0.2) is 30.3 Å². The summed E-state index contributed by atoms with van der Waals surface area (Å²) in [7, 11) is 0. The molecule has 1 heterocycles. The first-order valence-electron chi connectivity index (χ1n) is 7.07. The van der Waals surface area contributed by atoms with E-state index >= 15 is 0 Å². The fraction of sp³-hybridized carbons (Fsp3) is 0.562. The summed E-state index contributed by atoms with van der Waals surface area (Å²) in [5.41, 5.74) is -0.800. The van der Waals surface area contributed by atoms with Gasteiger partial charge in [0.25, 0.3) is 0 Å². The number of piperidine rings is 1. The largest absolute Gasteiger partial charge is 0.481 e. The molecule has 0 aliphatic carbocycles. The van der Waals surface area contributed by atoms with Crippen LogP contribution in [-0.2, 0) is 10.4 Å². The van der Waals surface area contributed by atoms with E-state index in [9.17, 15) is 15.0 Å². The number of aliphatic carboxylic acids is 1. The highest BCUT2D eigenvalue weighted by atomic mass is 16.4. The molecule has 0 spiro atoms. The Kier molecular flexibility index (Phi) is 4.16. The van der Waals surface area contributed by atoms with Gasteiger partial charge in [0.15, 0.2) is 0 Å². The molecule has 1 aromatic carbocycles. The maximum Gasteiger partial charge on any atom is 0.310 e. The highest BCUT2D eigenvalue weighted by molar-refractivity contribution is 5.74. The zero-order chi connectivity index (χ0) is 14.8. The Bertz CT molecular complexity index is 472. The van der Waals surface area contributed by atoms with Crippen LogP contribution in [0.25, 0.3) is 0 Å². The topological polar surface area (TPSA) is 60.8 Å². The van der Waals surface area contributed by atoms with E-state index in [1.165, 1.54) is 0 Å². The molecule has 4 heteroatoms. The normalized spacial score (nSPS) is 26.9. The molecule has 0 radical (unpaired) electrons. The third-order valence-corrected chi connectivity index (χ3v) is 4.22. The zero-order valence-corrected chi connectivity index (χ0v) is 12.2. The van der Waals surface area contributed by atoms with E-state index < -0.39 is 17.0 Å². The molecule has 110 valence electrons. The van der Waals surface area contributed by atoms with Crippen LogP contribution >= 0.6 is 0 Å². The van der Waals surface area contributed by atoms with Crippen LogP contribution in [0.5, 0.6) is 0 Å². The number of hydrogen-bond acceptors (Lipinski definition) is 3. The van der Waals surface area contributed by atoms with Crippen LogP contribution < -0.4 is 0 Å². The molecule has 1 aliphatic heterocycles. The Morgan fingerprint density at radius 3 is 2.65 bits per heavy atom. The van der Waals surface area contributed by atoms with Crippen LogP contribution in [0.2, 0.25) is 0 Å². The minimum absolute atomic E-state index is 0.458. The van der Waals surface area contributed by atoms with Crippen molar-refractivity contribution in [3.8, 4) is 0 Å². The summed E-state index contributed by atoms with van der Waals surface area (Å²) in [4.78, 5) is 13.4. The van der Waals surface area contributed by atoms with Crippen molar-refractivity contribution in [2.24, 2.45) is 5.41 Å². The molecule has 0 saturated carbocycles. The van der Waals surface area contributed by atoms with Gasteiger partial charge < -0.3 is 10.2 Å². The Hall–Kier alpha value is -1.39. The molecule has 1 aromatic rings. The van der Waals surface area contributed by atoms with E-state index in [1.807, 2.05) is 30.3 Å². The van der Waals surface area contributed by atoms with Gasteiger partial charge >= 0.3 is 5.97 Å². The van der Waals surface area contributed by atoms with Crippen molar-refractivity contribution in [3.63, 3.8) is 0 Å². The molecule has 0 amide bonds. The third kappa shape index (κ3) is 3.19. The SMILES string of the molecule is CC1(C(=O)O)CCCN(CC(C)(O)c2ccccc2)C1. The van der Waals surface area contributed by atoms with Crippen molar-refractivity contribution in [2.45, 2.75) is 32.3 Å². The maximum absolute atomic E-state index is 11.4. The molecule has 0 bridgehead atoms. The number of rotatable bonds is 4. The molecule has 2 atom stereocenters. The van der Waals surface area contributed by atoms with Gasteiger partial charge in [-0.3, -0.25) is 9.69 Å². The minimum Gasteiger partial charge on any atom is -0.481 e. The van der Waals surface area contributed by atoms with Crippen molar-refractivity contribution in [1.29, 1.82) is 0 Å². The molecule has 4 nitrogen and oxygen atoms in total. The van der Waals surface area contributed by atoms with Crippen molar-refractivity contribution in [2.75, 3.05) is 19.6 Å². The second-order valence-corrected chi connectivity index (χ2v) is 6.32. The van der Waals surface area contributed by atoms with Gasteiger partial charge in [-0.1, -0.05) is 30.3 Å². The summed E-state index contributed by atoms with van der Waals surface area (Å²) in [6.07, 6.45) is 1.56. The molecule has 2 unspecified atom stereocenters. The average Bonchev–Trinajstić information content (AvgIpc) is 2.39. The van der Waals surface area contributed by atoms with Crippen LogP contribution in [0, 0.1) is 5.41 Å². The van der Waals surface area contributed by atoms with Crippen LogP contribution in [0.1, 0.15) is 32.3 Å². The van der Waals surface area contributed by atoms with Gasteiger partial charge in [-0.25, -0.2) is 0 Å². The fourth-order valence-electron chi connectivity index (χ4n) is 2.98. The standard InChI is InChI=1S/C16H23NO3/c1-15(14(18)19)9-6-10-17(11-15)12-16(2,20)13-7-4-3-5-8-13/h3-5,7-8,20H,6,9-12H2,1-2H3,(H,18,19). The average molecular weight is 277 g/mol. The number of hydrogen-bond donors (Lipinski definition) is 2. The van der Waals surface area contributed by atoms with Gasteiger partial charge in [-0.05, 0) is 38.8 Å². The number of carboxylic acids is 1. The van der Waals surface area contributed by atoms with Crippen molar-refractivity contribution >= 4 is 5.97 Å². The van der Waals surface area contributed by atoms with E-state index in [0.29, 0.717) is 19.5 Å². The lowest BCUT2D eigenvalue weighted by atomic mass is 9.81. The second-order valence-electron chi connectivity index (χ2n) is 6.32. The first-order chi connectivity index (χ1) is 9.33. The van der Waals surface area contributed by atoms with Gasteiger partial charge in [0, 0.05) is 13.1 Å². The number of aliphatic hydroxyl groups is 1. The number of carbonyl (C=O) groups is 1. The molecule has 20 heavy (non-hydrogen) atoms. The summed E-state index contributed by atoms with van der Waals surface area (Å²) in [6, 6.07) is 9.53. The van der Waals surface area contributed by atoms with E-state index in [2.05, 4.69) is 4.90 Å². The quantitative estimate of drug-likeness (QED) is 0.884. The molecular weight excluding hydrogens is 254 g/mol. The zero-order valence-electron chi connectivity index (χ0n) is 12.2. The lowest BCUT2D eigenvalue weighted by Gasteiger charge is -2.40. The first-order valence-corrected chi connectivity index (χ1v) is 7.07.